The summed E-state index contributed by atoms with van der Waals surface area (Å²) in [5.74, 6) is 1.31. The number of benzene rings is 1. The molecule has 1 aromatic heterocycles. The number of nitrogens with one attached hydrogen (secondary N) is 2. The van der Waals surface area contributed by atoms with Crippen LogP contribution in [0.5, 0.6) is 0 Å². The average molecular weight is 494 g/mol. The summed E-state index contributed by atoms with van der Waals surface area (Å²) in [4.78, 5) is 9.95. The number of hydrogen-bond acceptors (Lipinski definition) is 6. The fourth-order valence-corrected chi connectivity index (χ4v) is 5.24. The summed E-state index contributed by atoms with van der Waals surface area (Å²) in [5, 5.41) is 3.27. The topological polar surface area (TPSA) is 87.2 Å². The third-order valence-corrected chi connectivity index (χ3v) is 6.81. The summed E-state index contributed by atoms with van der Waals surface area (Å²) in [6.45, 7) is 1.92. The maximum atomic E-state index is 13.2. The van der Waals surface area contributed by atoms with Crippen LogP contribution in [0.3, 0.4) is 0 Å². The quantitative estimate of drug-likeness (QED) is 0.632. The van der Waals surface area contributed by atoms with E-state index in [2.05, 4.69) is 20.0 Å². The zero-order chi connectivity index (χ0) is 22.8. The molecule has 0 bridgehead atoms. The number of anilines is 2. The highest BCUT2D eigenvalue weighted by Gasteiger charge is 2.37. The lowest BCUT2D eigenvalue weighted by atomic mass is 9.92. The summed E-state index contributed by atoms with van der Waals surface area (Å²) in [7, 11) is -0.498. The first-order valence-corrected chi connectivity index (χ1v) is 11.4. The molecule has 12 heteroatoms. The Morgan fingerprint density at radius 1 is 1.06 bits per heavy atom. The van der Waals surface area contributed by atoms with Crippen molar-refractivity contribution in [3.05, 3.63) is 41.6 Å². The van der Waals surface area contributed by atoms with Gasteiger partial charge in [-0.3, -0.25) is 0 Å². The van der Waals surface area contributed by atoms with E-state index in [1.807, 2.05) is 25.9 Å². The van der Waals surface area contributed by atoms with E-state index < -0.39 is 32.7 Å². The first-order valence-electron chi connectivity index (χ1n) is 9.93. The van der Waals surface area contributed by atoms with E-state index in [-0.39, 0.29) is 18.4 Å². The molecule has 0 aliphatic heterocycles. The van der Waals surface area contributed by atoms with Crippen molar-refractivity contribution in [3.63, 3.8) is 0 Å². The molecule has 0 spiro atoms. The van der Waals surface area contributed by atoms with Crippen LogP contribution in [0.25, 0.3) is 0 Å². The van der Waals surface area contributed by atoms with Crippen LogP contribution in [0.15, 0.2) is 35.4 Å². The number of nitrogens with zero attached hydrogens (tertiary/aromatic N) is 3. The van der Waals surface area contributed by atoms with E-state index in [0.29, 0.717) is 31.6 Å². The largest absolute Gasteiger partial charge is 0.417 e. The fraction of sp³-hybridized carbons (Fsp3) is 0.500. The number of sulfonamides is 1. The number of alkyl halides is 3. The van der Waals surface area contributed by atoms with E-state index in [9.17, 15) is 21.6 Å². The van der Waals surface area contributed by atoms with E-state index in [0.717, 1.165) is 23.5 Å². The number of halogens is 4. The molecule has 178 valence electrons. The van der Waals surface area contributed by atoms with Gasteiger partial charge in [0.2, 0.25) is 16.0 Å². The summed E-state index contributed by atoms with van der Waals surface area (Å²) in [6.07, 6.45) is -0.727. The van der Waals surface area contributed by atoms with Gasteiger partial charge in [0.15, 0.2) is 0 Å². The Morgan fingerprint density at radius 2 is 1.66 bits per heavy atom. The third kappa shape index (κ3) is 6.23. The van der Waals surface area contributed by atoms with Gasteiger partial charge in [-0.25, -0.2) is 18.1 Å². The van der Waals surface area contributed by atoms with Crippen LogP contribution in [0, 0.1) is 6.92 Å². The lowest BCUT2D eigenvalue weighted by molar-refractivity contribution is -0.139. The number of hydrogen-bond donors (Lipinski definition) is 2. The molecule has 1 aliphatic rings. The van der Waals surface area contributed by atoms with Crippen molar-refractivity contribution in [3.8, 4) is 0 Å². The minimum absolute atomic E-state index is 0. The van der Waals surface area contributed by atoms with Gasteiger partial charge < -0.3 is 10.2 Å². The highest BCUT2D eigenvalue weighted by molar-refractivity contribution is 7.89. The summed E-state index contributed by atoms with van der Waals surface area (Å²) < 4.78 is 67.3. The Balaban J connectivity index is 0.00000363. The SMILES string of the molecule is Cc1cnc(NC2CCC(NS(=O)(=O)c3ccccc3C(F)(F)F)CC2)nc1N(C)C.Cl. The maximum absolute atomic E-state index is 13.2. The predicted molar refractivity (Wildman–Crippen MR) is 120 cm³/mol. The minimum atomic E-state index is -4.74. The Morgan fingerprint density at radius 3 is 2.25 bits per heavy atom. The monoisotopic (exact) mass is 493 g/mol. The molecule has 1 aromatic carbocycles. The van der Waals surface area contributed by atoms with Gasteiger partial charge in [0.05, 0.1) is 10.5 Å². The Bertz CT molecular complexity index is 1030. The smallest absolute Gasteiger partial charge is 0.362 e. The van der Waals surface area contributed by atoms with Crippen molar-refractivity contribution >= 4 is 34.2 Å². The van der Waals surface area contributed by atoms with Crippen LogP contribution in [0.1, 0.15) is 36.8 Å². The van der Waals surface area contributed by atoms with Gasteiger partial charge in [-0.2, -0.15) is 18.2 Å². The van der Waals surface area contributed by atoms with Gasteiger partial charge in [-0.1, -0.05) is 12.1 Å². The average Bonchev–Trinajstić information content (AvgIpc) is 2.70. The van der Waals surface area contributed by atoms with Crippen molar-refractivity contribution in [2.45, 2.75) is 55.8 Å². The van der Waals surface area contributed by atoms with E-state index in [1.54, 1.807) is 6.20 Å². The van der Waals surface area contributed by atoms with E-state index in [1.165, 1.54) is 12.1 Å². The van der Waals surface area contributed by atoms with Gasteiger partial charge in [0.25, 0.3) is 0 Å². The van der Waals surface area contributed by atoms with Crippen LogP contribution in [0.4, 0.5) is 24.9 Å². The molecule has 0 saturated heterocycles. The zero-order valence-corrected chi connectivity index (χ0v) is 19.6. The van der Waals surface area contributed by atoms with Gasteiger partial charge in [-0.05, 0) is 44.7 Å². The number of aromatic nitrogens is 2. The normalized spacial score (nSPS) is 19.2. The molecule has 0 amide bonds. The zero-order valence-electron chi connectivity index (χ0n) is 18.0. The molecular weight excluding hydrogens is 467 g/mol. The summed E-state index contributed by atoms with van der Waals surface area (Å²) in [6, 6.07) is 3.84. The highest BCUT2D eigenvalue weighted by atomic mass is 35.5. The number of aryl methyl sites for hydroxylation is 1. The van der Waals surface area contributed by atoms with Crippen LogP contribution < -0.4 is 14.9 Å². The summed E-state index contributed by atoms with van der Waals surface area (Å²) >= 11 is 0. The fourth-order valence-electron chi connectivity index (χ4n) is 3.71. The molecule has 2 aromatic rings. The van der Waals surface area contributed by atoms with Crippen LogP contribution in [-0.4, -0.2) is 44.6 Å². The van der Waals surface area contributed by atoms with Gasteiger partial charge in [0, 0.05) is 37.9 Å². The van der Waals surface area contributed by atoms with Crippen LogP contribution in [-0.2, 0) is 16.2 Å². The van der Waals surface area contributed by atoms with Gasteiger partial charge in [0.1, 0.15) is 5.82 Å². The predicted octanol–water partition coefficient (Wildman–Crippen LogP) is 3.99. The molecule has 0 atom stereocenters. The molecule has 1 fully saturated rings. The lowest BCUT2D eigenvalue weighted by Gasteiger charge is -2.30. The van der Waals surface area contributed by atoms with Crippen molar-refractivity contribution in [1.82, 2.24) is 14.7 Å². The van der Waals surface area contributed by atoms with Crippen LogP contribution in [0.2, 0.25) is 0 Å². The molecule has 0 unspecified atom stereocenters. The van der Waals surface area contributed by atoms with Crippen molar-refractivity contribution in [2.75, 3.05) is 24.3 Å². The Kier molecular flexibility index (Phi) is 8.35. The highest BCUT2D eigenvalue weighted by Crippen LogP contribution is 2.34. The second kappa shape index (κ2) is 10.2. The third-order valence-electron chi connectivity index (χ3n) is 5.23. The molecule has 1 saturated carbocycles. The molecule has 3 rings (SSSR count). The van der Waals surface area contributed by atoms with Crippen LogP contribution >= 0.6 is 12.4 Å². The van der Waals surface area contributed by atoms with E-state index >= 15 is 0 Å². The molecule has 7 nitrogen and oxygen atoms in total. The van der Waals surface area contributed by atoms with E-state index in [4.69, 9.17) is 0 Å². The molecular formula is C20H27ClF3N5O2S. The van der Waals surface area contributed by atoms with Gasteiger partial charge in [-0.15, -0.1) is 12.4 Å². The maximum Gasteiger partial charge on any atom is 0.417 e. The second-order valence-corrected chi connectivity index (χ2v) is 9.59. The van der Waals surface area contributed by atoms with Crippen molar-refractivity contribution in [1.29, 1.82) is 0 Å². The first-order chi connectivity index (χ1) is 14.5. The van der Waals surface area contributed by atoms with Crippen molar-refractivity contribution < 1.29 is 21.6 Å². The molecule has 1 heterocycles. The first kappa shape index (κ1) is 26.1. The van der Waals surface area contributed by atoms with Crippen molar-refractivity contribution in [2.24, 2.45) is 0 Å². The molecule has 1 aliphatic carbocycles. The second-order valence-electron chi connectivity index (χ2n) is 7.90. The Hall–Kier alpha value is -2.11. The molecule has 32 heavy (non-hydrogen) atoms. The lowest BCUT2D eigenvalue weighted by Crippen LogP contribution is -2.40. The Labute approximate surface area is 192 Å². The van der Waals surface area contributed by atoms with Gasteiger partial charge >= 0.3 is 6.18 Å². The standard InChI is InChI=1S/C20H26F3N5O2S.ClH/c1-13-12-24-19(26-18(13)28(2)3)25-14-8-10-15(11-9-14)27-31(29,30)17-7-5-4-6-16(17)20(21,22)23;/h4-7,12,14-15,27H,8-11H2,1-3H3,(H,24,25,26);1H. The molecule has 0 radical (unpaired) electrons. The number of rotatable bonds is 6. The minimum Gasteiger partial charge on any atom is -0.362 e. The summed E-state index contributed by atoms with van der Waals surface area (Å²) in [5.41, 5.74) is -0.209. The molecule has 2 N–H and O–H groups in total.